The number of carbonyl (C=O) groups excluding carboxylic acids is 1. The average molecular weight is 279 g/mol. The second-order valence-corrected chi connectivity index (χ2v) is 5.68. The summed E-state index contributed by atoms with van der Waals surface area (Å²) >= 11 is 0. The average Bonchev–Trinajstić information content (AvgIpc) is 3.11. The van der Waals surface area contributed by atoms with E-state index >= 15 is 0 Å². The molecule has 2 aliphatic heterocycles. The van der Waals surface area contributed by atoms with Crippen LogP contribution in [0.15, 0.2) is 6.33 Å². The molecule has 0 radical (unpaired) electrons. The van der Waals surface area contributed by atoms with Gasteiger partial charge in [-0.05, 0) is 19.8 Å². The van der Waals surface area contributed by atoms with Gasteiger partial charge in [-0.2, -0.15) is 5.10 Å². The SMILES string of the molecule is CC1(C(=O)N2CCN(Cc3ncn[nH]3)CC2)CCCO1. The number of hydrogen-bond acceptors (Lipinski definition) is 5. The van der Waals surface area contributed by atoms with Gasteiger partial charge in [0.05, 0.1) is 6.54 Å². The minimum absolute atomic E-state index is 0.148. The van der Waals surface area contributed by atoms with Crippen molar-refractivity contribution in [3.05, 3.63) is 12.2 Å². The zero-order valence-electron chi connectivity index (χ0n) is 11.8. The number of amides is 1. The minimum atomic E-state index is -0.590. The fourth-order valence-electron chi connectivity index (χ4n) is 2.91. The molecule has 1 aromatic rings. The second kappa shape index (κ2) is 5.49. The molecule has 2 aliphatic rings. The van der Waals surface area contributed by atoms with Crippen LogP contribution in [0.4, 0.5) is 0 Å². The standard InChI is InChI=1S/C13H21N5O2/c1-13(3-2-8-20-13)12(19)18-6-4-17(5-7-18)9-11-14-10-15-16-11/h10H,2-9H2,1H3,(H,14,15,16). The molecular weight excluding hydrogens is 258 g/mol. The quantitative estimate of drug-likeness (QED) is 0.844. The molecule has 0 saturated carbocycles. The summed E-state index contributed by atoms with van der Waals surface area (Å²) in [6.45, 7) is 6.62. The van der Waals surface area contributed by atoms with Gasteiger partial charge >= 0.3 is 0 Å². The molecule has 3 heterocycles. The molecule has 1 N–H and O–H groups in total. The van der Waals surface area contributed by atoms with Gasteiger partial charge in [0.15, 0.2) is 0 Å². The Kier molecular flexibility index (Phi) is 3.71. The molecular formula is C13H21N5O2. The Morgan fingerprint density at radius 3 is 2.85 bits per heavy atom. The van der Waals surface area contributed by atoms with E-state index in [0.29, 0.717) is 6.61 Å². The van der Waals surface area contributed by atoms with Crippen molar-refractivity contribution in [2.75, 3.05) is 32.8 Å². The molecule has 1 amide bonds. The molecule has 20 heavy (non-hydrogen) atoms. The summed E-state index contributed by atoms with van der Waals surface area (Å²) in [5.41, 5.74) is -0.590. The smallest absolute Gasteiger partial charge is 0.254 e. The van der Waals surface area contributed by atoms with E-state index in [4.69, 9.17) is 4.74 Å². The normalized spacial score (nSPS) is 27.9. The zero-order valence-corrected chi connectivity index (χ0v) is 11.8. The van der Waals surface area contributed by atoms with Crippen molar-refractivity contribution in [3.63, 3.8) is 0 Å². The van der Waals surface area contributed by atoms with E-state index < -0.39 is 5.60 Å². The van der Waals surface area contributed by atoms with Crippen LogP contribution < -0.4 is 0 Å². The Balaban J connectivity index is 1.52. The number of rotatable bonds is 3. The Morgan fingerprint density at radius 2 is 2.25 bits per heavy atom. The van der Waals surface area contributed by atoms with Gasteiger partial charge in [0, 0.05) is 32.8 Å². The van der Waals surface area contributed by atoms with Gasteiger partial charge in [-0.15, -0.1) is 0 Å². The van der Waals surface area contributed by atoms with E-state index in [1.165, 1.54) is 6.33 Å². The van der Waals surface area contributed by atoms with Crippen molar-refractivity contribution in [1.82, 2.24) is 25.0 Å². The fraction of sp³-hybridized carbons (Fsp3) is 0.769. The van der Waals surface area contributed by atoms with Crippen LogP contribution in [-0.2, 0) is 16.1 Å². The predicted octanol–water partition coefficient (Wildman–Crippen LogP) is 0.0180. The van der Waals surface area contributed by atoms with Crippen LogP contribution in [0.3, 0.4) is 0 Å². The third kappa shape index (κ3) is 2.69. The summed E-state index contributed by atoms with van der Waals surface area (Å²) in [5, 5.41) is 6.71. The number of piperazine rings is 1. The van der Waals surface area contributed by atoms with E-state index in [2.05, 4.69) is 20.1 Å². The largest absolute Gasteiger partial charge is 0.365 e. The minimum Gasteiger partial charge on any atom is -0.365 e. The monoisotopic (exact) mass is 279 g/mol. The first kappa shape index (κ1) is 13.5. The second-order valence-electron chi connectivity index (χ2n) is 5.68. The maximum atomic E-state index is 12.5. The third-order valence-corrected chi connectivity index (χ3v) is 4.17. The molecule has 1 unspecified atom stereocenters. The van der Waals surface area contributed by atoms with Crippen molar-refractivity contribution in [2.45, 2.75) is 31.9 Å². The van der Waals surface area contributed by atoms with Crippen molar-refractivity contribution in [3.8, 4) is 0 Å². The molecule has 0 spiro atoms. The molecule has 1 aromatic heterocycles. The van der Waals surface area contributed by atoms with Crippen LogP contribution in [-0.4, -0.2) is 69.3 Å². The maximum Gasteiger partial charge on any atom is 0.254 e. The van der Waals surface area contributed by atoms with Gasteiger partial charge in [0.1, 0.15) is 17.8 Å². The molecule has 7 heteroatoms. The highest BCUT2D eigenvalue weighted by atomic mass is 16.5. The maximum absolute atomic E-state index is 12.5. The van der Waals surface area contributed by atoms with Crippen molar-refractivity contribution in [2.24, 2.45) is 0 Å². The number of aromatic amines is 1. The highest BCUT2D eigenvalue weighted by Crippen LogP contribution is 2.27. The first-order valence-electron chi connectivity index (χ1n) is 7.17. The molecule has 110 valence electrons. The summed E-state index contributed by atoms with van der Waals surface area (Å²) in [7, 11) is 0. The zero-order chi connectivity index (χ0) is 14.0. The van der Waals surface area contributed by atoms with Gasteiger partial charge in [-0.1, -0.05) is 0 Å². The van der Waals surface area contributed by atoms with Gasteiger partial charge in [0.25, 0.3) is 5.91 Å². The molecule has 2 fully saturated rings. The lowest BCUT2D eigenvalue weighted by Crippen LogP contribution is -2.54. The van der Waals surface area contributed by atoms with Crippen molar-refractivity contribution in [1.29, 1.82) is 0 Å². The van der Waals surface area contributed by atoms with Crippen LogP contribution >= 0.6 is 0 Å². The Morgan fingerprint density at radius 1 is 1.45 bits per heavy atom. The molecule has 7 nitrogen and oxygen atoms in total. The van der Waals surface area contributed by atoms with Crippen LogP contribution in [0.25, 0.3) is 0 Å². The number of nitrogens with zero attached hydrogens (tertiary/aromatic N) is 4. The van der Waals surface area contributed by atoms with Crippen LogP contribution in [0.1, 0.15) is 25.6 Å². The topological polar surface area (TPSA) is 74.4 Å². The molecule has 2 saturated heterocycles. The van der Waals surface area contributed by atoms with Crippen LogP contribution in [0, 0.1) is 0 Å². The van der Waals surface area contributed by atoms with Crippen LogP contribution in [0.5, 0.6) is 0 Å². The molecule has 1 atom stereocenters. The van der Waals surface area contributed by atoms with Crippen LogP contribution in [0.2, 0.25) is 0 Å². The summed E-state index contributed by atoms with van der Waals surface area (Å²) in [6.07, 6.45) is 3.34. The summed E-state index contributed by atoms with van der Waals surface area (Å²) in [6, 6.07) is 0. The number of aromatic nitrogens is 3. The fourth-order valence-corrected chi connectivity index (χ4v) is 2.91. The lowest BCUT2D eigenvalue weighted by Gasteiger charge is -2.37. The van der Waals surface area contributed by atoms with Crippen molar-refractivity contribution >= 4 is 5.91 Å². The lowest BCUT2D eigenvalue weighted by molar-refractivity contribution is -0.152. The summed E-state index contributed by atoms with van der Waals surface area (Å²) in [5.74, 6) is 1.02. The number of H-pyrrole nitrogens is 1. The highest BCUT2D eigenvalue weighted by Gasteiger charge is 2.41. The van der Waals surface area contributed by atoms with Gasteiger partial charge < -0.3 is 9.64 Å². The summed E-state index contributed by atoms with van der Waals surface area (Å²) in [4.78, 5) is 20.8. The van der Waals surface area contributed by atoms with E-state index in [9.17, 15) is 4.79 Å². The molecule has 3 rings (SSSR count). The number of hydrogen-bond donors (Lipinski definition) is 1. The van der Waals surface area contributed by atoms with E-state index in [1.54, 1.807) is 0 Å². The lowest BCUT2D eigenvalue weighted by atomic mass is 10.0. The Labute approximate surface area is 118 Å². The first-order chi connectivity index (χ1) is 9.67. The molecule has 0 bridgehead atoms. The van der Waals surface area contributed by atoms with E-state index in [1.807, 2.05) is 11.8 Å². The Hall–Kier alpha value is -1.47. The highest BCUT2D eigenvalue weighted by molar-refractivity contribution is 5.85. The third-order valence-electron chi connectivity index (χ3n) is 4.17. The number of ether oxygens (including phenoxy) is 1. The number of carbonyl (C=O) groups is 1. The van der Waals surface area contributed by atoms with Gasteiger partial charge in [0.2, 0.25) is 0 Å². The first-order valence-corrected chi connectivity index (χ1v) is 7.17. The number of nitrogens with one attached hydrogen (secondary N) is 1. The Bertz CT molecular complexity index is 447. The predicted molar refractivity (Wildman–Crippen MR) is 71.8 cm³/mol. The van der Waals surface area contributed by atoms with E-state index in [0.717, 1.165) is 51.4 Å². The van der Waals surface area contributed by atoms with E-state index in [-0.39, 0.29) is 5.91 Å². The van der Waals surface area contributed by atoms with Gasteiger partial charge in [-0.3, -0.25) is 14.8 Å². The van der Waals surface area contributed by atoms with Gasteiger partial charge in [-0.25, -0.2) is 4.98 Å². The van der Waals surface area contributed by atoms with Crippen molar-refractivity contribution < 1.29 is 9.53 Å². The summed E-state index contributed by atoms with van der Waals surface area (Å²) < 4.78 is 5.64. The molecule has 0 aromatic carbocycles. The molecule has 0 aliphatic carbocycles.